The number of carbonyl (C=O) groups is 2. The van der Waals surface area contributed by atoms with E-state index in [0.29, 0.717) is 35.8 Å². The molecular weight excluding hydrogens is 448 g/mol. The first kappa shape index (κ1) is 21.4. The van der Waals surface area contributed by atoms with E-state index in [1.807, 2.05) is 53.9 Å². The highest BCUT2D eigenvalue weighted by atomic mass is 32.1. The van der Waals surface area contributed by atoms with E-state index >= 15 is 0 Å². The van der Waals surface area contributed by atoms with E-state index < -0.39 is 6.03 Å². The van der Waals surface area contributed by atoms with Crippen molar-refractivity contribution in [1.82, 2.24) is 10.3 Å². The zero-order valence-electron chi connectivity index (χ0n) is 18.0. The number of pyridine rings is 1. The Bertz CT molecular complexity index is 1440. The first-order valence-corrected chi connectivity index (χ1v) is 11.6. The lowest BCUT2D eigenvalue weighted by molar-refractivity contribution is 0.103. The summed E-state index contributed by atoms with van der Waals surface area (Å²) in [5, 5.41) is 20.1. The largest absolute Gasteiger partial charge is 0.380 e. The van der Waals surface area contributed by atoms with Crippen LogP contribution in [0.5, 0.6) is 0 Å². The van der Waals surface area contributed by atoms with E-state index in [2.05, 4.69) is 20.9 Å². The number of fused-ring (bicyclic) bond motifs is 2. The Morgan fingerprint density at radius 1 is 1.15 bits per heavy atom. The average Bonchev–Trinajstić information content (AvgIpc) is 3.50. The Balaban J connectivity index is 1.31. The van der Waals surface area contributed by atoms with Crippen LogP contribution in [0.15, 0.2) is 66.2 Å². The second-order valence-electron chi connectivity index (χ2n) is 7.75. The minimum Gasteiger partial charge on any atom is -0.380 e. The molecule has 5 rings (SSSR count). The number of rotatable bonds is 5. The van der Waals surface area contributed by atoms with Crippen LogP contribution < -0.4 is 20.9 Å². The fourth-order valence-corrected chi connectivity index (χ4v) is 4.86. The van der Waals surface area contributed by atoms with Gasteiger partial charge in [-0.25, -0.2) is 10.1 Å². The molecule has 2 aromatic carbocycles. The van der Waals surface area contributed by atoms with Gasteiger partial charge in [0.05, 0.1) is 16.9 Å². The van der Waals surface area contributed by atoms with E-state index in [1.54, 1.807) is 18.5 Å². The third-order valence-corrected chi connectivity index (χ3v) is 6.64. The van der Waals surface area contributed by atoms with Crippen molar-refractivity contribution in [3.8, 4) is 6.19 Å². The van der Waals surface area contributed by atoms with Crippen LogP contribution >= 0.6 is 11.3 Å². The molecule has 3 N–H and O–H groups in total. The monoisotopic (exact) mass is 468 g/mol. The number of nitrogens with one attached hydrogen (secondary N) is 3. The second-order valence-corrected chi connectivity index (χ2v) is 8.66. The van der Waals surface area contributed by atoms with Crippen molar-refractivity contribution >= 4 is 51.2 Å². The number of para-hydroxylation sites is 1. The topological polar surface area (TPSA) is 110 Å². The van der Waals surface area contributed by atoms with Crippen molar-refractivity contribution in [2.45, 2.75) is 13.0 Å². The Labute approximate surface area is 199 Å². The smallest absolute Gasteiger partial charge is 0.335 e. The summed E-state index contributed by atoms with van der Waals surface area (Å²) in [5.41, 5.74) is 5.05. The van der Waals surface area contributed by atoms with Gasteiger partial charge in [-0.3, -0.25) is 14.7 Å². The predicted octanol–water partition coefficient (Wildman–Crippen LogP) is 4.71. The fraction of sp³-hybridized carbons (Fsp3) is 0.120. The van der Waals surface area contributed by atoms with Gasteiger partial charge in [-0.15, -0.1) is 11.3 Å². The molecule has 34 heavy (non-hydrogen) atoms. The summed E-state index contributed by atoms with van der Waals surface area (Å²) in [6.45, 7) is 1.05. The average molecular weight is 469 g/mol. The van der Waals surface area contributed by atoms with Crippen molar-refractivity contribution in [1.29, 1.82) is 5.26 Å². The minimum atomic E-state index is -0.474. The highest BCUT2D eigenvalue weighted by molar-refractivity contribution is 7.12. The van der Waals surface area contributed by atoms with Crippen molar-refractivity contribution in [3.63, 3.8) is 0 Å². The summed E-state index contributed by atoms with van der Waals surface area (Å²) < 4.78 is 0. The van der Waals surface area contributed by atoms with Crippen LogP contribution in [0.25, 0.3) is 10.9 Å². The lowest BCUT2D eigenvalue weighted by Gasteiger charge is -2.16. The van der Waals surface area contributed by atoms with Gasteiger partial charge < -0.3 is 10.6 Å². The molecule has 8 nitrogen and oxygen atoms in total. The lowest BCUT2D eigenvalue weighted by Crippen LogP contribution is -2.36. The molecule has 1 aliphatic rings. The molecule has 0 atom stereocenters. The quantitative estimate of drug-likeness (QED) is 0.290. The van der Waals surface area contributed by atoms with Gasteiger partial charge in [0.2, 0.25) is 0 Å². The summed E-state index contributed by atoms with van der Waals surface area (Å²) in [6, 6.07) is 16.8. The van der Waals surface area contributed by atoms with Crippen molar-refractivity contribution < 1.29 is 9.59 Å². The number of hydrogen-bond acceptors (Lipinski definition) is 6. The molecule has 0 bridgehead atoms. The summed E-state index contributed by atoms with van der Waals surface area (Å²) in [5.74, 6) is -0.233. The van der Waals surface area contributed by atoms with Crippen LogP contribution in [0.1, 0.15) is 20.8 Å². The molecule has 0 spiro atoms. The SMILES string of the molecule is N#CNC(=O)N1CCc2ccc(NC(=O)c3sccc3NCc3ccnc4ccccc34)cc21. The van der Waals surface area contributed by atoms with Gasteiger partial charge in [0.15, 0.2) is 6.19 Å². The fourth-order valence-electron chi connectivity index (χ4n) is 4.10. The minimum absolute atomic E-state index is 0.233. The number of anilines is 3. The van der Waals surface area contributed by atoms with Crippen LogP contribution in [-0.4, -0.2) is 23.5 Å². The standard InChI is InChI=1S/C25H20N6O2S/c26-15-29-25(33)31-11-8-16-5-6-18(13-22(16)31)30-24(32)23-21(9-12-34-23)28-14-17-7-10-27-20-4-2-1-3-19(17)20/h1-7,9-10,12-13,28H,8,11,14H2,(H,29,33)(H,30,32). The Kier molecular flexibility index (Phi) is 5.81. The van der Waals surface area contributed by atoms with E-state index in [4.69, 9.17) is 5.26 Å². The van der Waals surface area contributed by atoms with E-state index in [0.717, 1.165) is 27.7 Å². The number of hydrogen-bond donors (Lipinski definition) is 3. The first-order valence-electron chi connectivity index (χ1n) is 10.7. The number of nitriles is 1. The lowest BCUT2D eigenvalue weighted by atomic mass is 10.1. The molecule has 0 radical (unpaired) electrons. The molecule has 2 aromatic heterocycles. The Morgan fingerprint density at radius 3 is 2.91 bits per heavy atom. The van der Waals surface area contributed by atoms with Crippen LogP contribution in [0, 0.1) is 11.5 Å². The van der Waals surface area contributed by atoms with E-state index in [9.17, 15) is 9.59 Å². The van der Waals surface area contributed by atoms with Crippen molar-refractivity contribution in [2.75, 3.05) is 22.1 Å². The van der Waals surface area contributed by atoms with E-state index in [1.165, 1.54) is 16.2 Å². The third kappa shape index (κ3) is 4.14. The maximum Gasteiger partial charge on any atom is 0.335 e. The molecule has 3 amide bonds. The maximum atomic E-state index is 13.1. The maximum absolute atomic E-state index is 13.1. The molecule has 0 unspecified atom stereocenters. The molecule has 4 aromatic rings. The number of amides is 3. The molecule has 9 heteroatoms. The van der Waals surface area contributed by atoms with Crippen LogP contribution in [0.3, 0.4) is 0 Å². The zero-order valence-corrected chi connectivity index (χ0v) is 18.9. The second kappa shape index (κ2) is 9.21. The van der Waals surface area contributed by atoms with Gasteiger partial charge in [0.25, 0.3) is 5.91 Å². The van der Waals surface area contributed by atoms with Crippen LogP contribution in [-0.2, 0) is 13.0 Å². The van der Waals surface area contributed by atoms with Gasteiger partial charge in [-0.05, 0) is 53.3 Å². The molecular formula is C25H20N6O2S. The normalized spacial score (nSPS) is 12.1. The Hall–Kier alpha value is -4.42. The van der Waals surface area contributed by atoms with Gasteiger partial charge in [0, 0.05) is 30.4 Å². The van der Waals surface area contributed by atoms with Crippen molar-refractivity contribution in [2.24, 2.45) is 0 Å². The summed E-state index contributed by atoms with van der Waals surface area (Å²) in [6.07, 6.45) is 4.15. The van der Waals surface area contributed by atoms with Crippen LogP contribution in [0.4, 0.5) is 21.9 Å². The summed E-state index contributed by atoms with van der Waals surface area (Å²) in [7, 11) is 0. The Morgan fingerprint density at radius 2 is 2.03 bits per heavy atom. The number of nitrogens with zero attached hydrogens (tertiary/aromatic N) is 3. The number of urea groups is 1. The molecule has 0 saturated heterocycles. The van der Waals surface area contributed by atoms with Gasteiger partial charge in [0.1, 0.15) is 4.88 Å². The number of carbonyl (C=O) groups excluding carboxylic acids is 2. The number of thiophene rings is 1. The summed E-state index contributed by atoms with van der Waals surface area (Å²) >= 11 is 1.36. The van der Waals surface area contributed by atoms with Crippen LogP contribution in [0.2, 0.25) is 0 Å². The highest BCUT2D eigenvalue weighted by Gasteiger charge is 2.25. The predicted molar refractivity (Wildman–Crippen MR) is 133 cm³/mol. The van der Waals surface area contributed by atoms with Gasteiger partial charge >= 0.3 is 6.03 Å². The van der Waals surface area contributed by atoms with Gasteiger partial charge in [-0.1, -0.05) is 24.3 Å². The molecule has 3 heterocycles. The molecule has 168 valence electrons. The molecule has 0 aliphatic carbocycles. The molecule has 0 saturated carbocycles. The molecule has 1 aliphatic heterocycles. The number of benzene rings is 2. The summed E-state index contributed by atoms with van der Waals surface area (Å²) in [4.78, 5) is 31.7. The third-order valence-electron chi connectivity index (χ3n) is 5.73. The zero-order chi connectivity index (χ0) is 23.5. The van der Waals surface area contributed by atoms with Gasteiger partial charge in [-0.2, -0.15) is 5.26 Å². The molecule has 0 fully saturated rings. The van der Waals surface area contributed by atoms with E-state index in [-0.39, 0.29) is 5.91 Å². The first-order chi connectivity index (χ1) is 16.6. The number of aromatic nitrogens is 1. The van der Waals surface area contributed by atoms with Crippen molar-refractivity contribution in [3.05, 3.63) is 82.2 Å². The highest BCUT2D eigenvalue weighted by Crippen LogP contribution is 2.32.